The smallest absolute Gasteiger partial charge is 0.490 e. The highest BCUT2D eigenvalue weighted by Crippen LogP contribution is 2.40. The Hall–Kier alpha value is -4.21. The van der Waals surface area contributed by atoms with E-state index in [1.54, 1.807) is 18.3 Å². The van der Waals surface area contributed by atoms with E-state index in [9.17, 15) is 23.1 Å². The fourth-order valence-electron chi connectivity index (χ4n) is 4.75. The van der Waals surface area contributed by atoms with Gasteiger partial charge in [0.15, 0.2) is 0 Å². The predicted octanol–water partition coefficient (Wildman–Crippen LogP) is 7.17. The topological polar surface area (TPSA) is 136 Å². The summed E-state index contributed by atoms with van der Waals surface area (Å²) in [6.45, 7) is 14.8. The number of rotatable bonds is 6. The number of alkyl halides is 3. The quantitative estimate of drug-likeness (QED) is 0.136. The highest BCUT2D eigenvalue weighted by atomic mass is 28.4. The van der Waals surface area contributed by atoms with Gasteiger partial charge in [0.2, 0.25) is 8.32 Å². The number of aliphatic hydroxyl groups excluding tert-OH is 1. The molecule has 2 aliphatic heterocycles. The van der Waals surface area contributed by atoms with Gasteiger partial charge in [-0.15, -0.1) is 0 Å². The molecule has 3 aromatic rings. The van der Waals surface area contributed by atoms with Crippen molar-refractivity contribution in [2.75, 3.05) is 29.0 Å². The molecule has 5 N–H and O–H groups in total. The number of hydrogen-bond donors (Lipinski definition) is 5. The van der Waals surface area contributed by atoms with Crippen molar-refractivity contribution in [1.29, 1.82) is 0 Å². The number of aliphatic carboxylic acids is 1. The molecule has 3 heterocycles. The van der Waals surface area contributed by atoms with Gasteiger partial charge in [-0.3, -0.25) is 9.69 Å². The first-order valence-electron chi connectivity index (χ1n) is 14.9. The molecule has 1 atom stereocenters. The molecule has 2 aliphatic rings. The number of anilines is 5. The number of fused-ring (bicyclic) bond motifs is 2. The Bertz CT molecular complexity index is 1660. The van der Waals surface area contributed by atoms with Crippen LogP contribution in [-0.2, 0) is 11.3 Å². The SMILES string of the molecule is Cc1cc(F)c(Nc2ccnc3c2C(=O)Nc2cc(CN4CC[C@@H](O)C4)ccc2N3)cc1O[Si](C)(C)C(C)(C)C.O=C(O)C(F)(F)F. The van der Waals surface area contributed by atoms with E-state index in [-0.39, 0.29) is 28.3 Å². The molecule has 0 spiro atoms. The molecule has 0 aliphatic carbocycles. The zero-order valence-corrected chi connectivity index (χ0v) is 28.0. The number of carbonyl (C=O) groups is 2. The normalized spacial score (nSPS) is 16.5. The molecule has 47 heavy (non-hydrogen) atoms. The summed E-state index contributed by atoms with van der Waals surface area (Å²) < 4.78 is 53.4. The second-order valence-corrected chi connectivity index (χ2v) is 17.8. The minimum atomic E-state index is -5.08. The molecular weight excluding hydrogens is 638 g/mol. The van der Waals surface area contributed by atoms with Gasteiger partial charge in [0.1, 0.15) is 22.9 Å². The van der Waals surface area contributed by atoms with E-state index in [1.165, 1.54) is 6.07 Å². The van der Waals surface area contributed by atoms with Gasteiger partial charge < -0.3 is 30.6 Å². The molecule has 0 radical (unpaired) electrons. The lowest BCUT2D eigenvalue weighted by Gasteiger charge is -2.37. The number of nitrogens with one attached hydrogen (secondary N) is 3. The number of halogens is 4. The monoisotopic (exact) mass is 677 g/mol. The zero-order chi connectivity index (χ0) is 34.9. The Balaban J connectivity index is 0.000000644. The number of hydrogen-bond acceptors (Lipinski definition) is 8. The fraction of sp³-hybridized carbons (Fsp3) is 0.406. The second kappa shape index (κ2) is 13.5. The minimum absolute atomic E-state index is 0.0157. The Labute approximate surface area is 271 Å². The van der Waals surface area contributed by atoms with Crippen molar-refractivity contribution in [3.8, 4) is 5.75 Å². The molecule has 254 valence electrons. The summed E-state index contributed by atoms with van der Waals surface area (Å²) in [5.74, 6) is -2.54. The van der Waals surface area contributed by atoms with Crippen molar-refractivity contribution in [2.45, 2.75) is 71.1 Å². The van der Waals surface area contributed by atoms with E-state index < -0.39 is 26.3 Å². The number of aliphatic hydroxyl groups is 1. The van der Waals surface area contributed by atoms with Crippen molar-refractivity contribution >= 4 is 48.8 Å². The number of aryl methyl sites for hydroxylation is 1. The number of carboxylic acids is 1. The van der Waals surface area contributed by atoms with E-state index in [0.29, 0.717) is 41.7 Å². The molecule has 0 saturated carbocycles. The number of pyridine rings is 1. The standard InChI is InChI=1S/C30H38FN5O3Si.C2HF3O2/c1-18-13-21(31)24(15-26(18)39-40(5,6)30(2,3)4)33-23-9-11-32-28-27(23)29(38)35-25-14-19(7-8-22(25)34-28)16-36-12-10-20(37)17-36;3-2(4,5)1(6)7/h7-9,11,13-15,20,37H,10,12,16-17H2,1-6H3,(H,35,38)(H2,32,33,34);(H,6,7)/t20-;/m1./s1. The lowest BCUT2D eigenvalue weighted by atomic mass is 10.1. The van der Waals surface area contributed by atoms with Crippen molar-refractivity contribution in [3.63, 3.8) is 0 Å². The molecule has 15 heteroatoms. The highest BCUT2D eigenvalue weighted by molar-refractivity contribution is 6.74. The maximum Gasteiger partial charge on any atom is 0.490 e. The van der Waals surface area contributed by atoms with Crippen molar-refractivity contribution in [1.82, 2.24) is 9.88 Å². The summed E-state index contributed by atoms with van der Waals surface area (Å²) in [5, 5.41) is 26.4. The van der Waals surface area contributed by atoms with Crippen molar-refractivity contribution in [2.24, 2.45) is 0 Å². The van der Waals surface area contributed by atoms with E-state index in [4.69, 9.17) is 14.3 Å². The lowest BCUT2D eigenvalue weighted by molar-refractivity contribution is -0.192. The molecule has 0 unspecified atom stereocenters. The number of carboxylic acid groups (broad SMARTS) is 1. The van der Waals surface area contributed by atoms with Crippen molar-refractivity contribution < 1.29 is 41.8 Å². The molecule has 1 amide bonds. The number of benzene rings is 2. The number of amides is 1. The van der Waals surface area contributed by atoms with Crippen LogP contribution in [0.5, 0.6) is 5.75 Å². The van der Waals surface area contributed by atoms with Gasteiger partial charge in [0, 0.05) is 31.9 Å². The Morgan fingerprint density at radius 3 is 2.38 bits per heavy atom. The Morgan fingerprint density at radius 1 is 1.11 bits per heavy atom. The number of likely N-dealkylation sites (tertiary alicyclic amines) is 1. The van der Waals surface area contributed by atoms with Crippen molar-refractivity contribution in [3.05, 3.63) is 65.1 Å². The third kappa shape index (κ3) is 8.58. The van der Waals surface area contributed by atoms with Crippen LogP contribution in [0.15, 0.2) is 42.6 Å². The van der Waals surface area contributed by atoms with Crippen LogP contribution in [0.1, 0.15) is 48.7 Å². The van der Waals surface area contributed by atoms with Gasteiger partial charge in [-0.05, 0) is 66.9 Å². The maximum atomic E-state index is 15.2. The number of aromatic nitrogens is 1. The van der Waals surface area contributed by atoms with Gasteiger partial charge in [-0.1, -0.05) is 26.8 Å². The predicted molar refractivity (Wildman–Crippen MR) is 174 cm³/mol. The third-order valence-corrected chi connectivity index (χ3v) is 12.7. The van der Waals surface area contributed by atoms with Gasteiger partial charge in [0.25, 0.3) is 5.91 Å². The Morgan fingerprint density at radius 2 is 1.79 bits per heavy atom. The highest BCUT2D eigenvalue weighted by Gasteiger charge is 2.40. The molecule has 10 nitrogen and oxygen atoms in total. The Kier molecular flexibility index (Phi) is 10.2. The third-order valence-electron chi connectivity index (χ3n) is 8.36. The van der Waals surface area contributed by atoms with Crippen LogP contribution in [0, 0.1) is 12.7 Å². The summed E-state index contributed by atoms with van der Waals surface area (Å²) in [7, 11) is -2.16. The van der Waals surface area contributed by atoms with Crippen LogP contribution >= 0.6 is 0 Å². The van der Waals surface area contributed by atoms with Crippen LogP contribution in [-0.4, -0.2) is 65.7 Å². The second-order valence-electron chi connectivity index (χ2n) is 13.1. The molecule has 2 aromatic carbocycles. The maximum absolute atomic E-state index is 15.2. The van der Waals surface area contributed by atoms with E-state index in [0.717, 1.165) is 24.1 Å². The average molecular weight is 678 g/mol. The van der Waals surface area contributed by atoms with Gasteiger partial charge in [-0.2, -0.15) is 13.2 Å². The minimum Gasteiger partial charge on any atom is -0.543 e. The summed E-state index contributed by atoms with van der Waals surface area (Å²) in [6, 6.07) is 10.7. The summed E-state index contributed by atoms with van der Waals surface area (Å²) in [5.41, 5.74) is 4.03. The molecule has 1 fully saturated rings. The van der Waals surface area contributed by atoms with Gasteiger partial charge in [-0.25, -0.2) is 14.2 Å². The van der Waals surface area contributed by atoms with Crippen LogP contribution in [0.2, 0.25) is 18.1 Å². The first-order valence-corrected chi connectivity index (χ1v) is 17.8. The molecule has 1 saturated heterocycles. The van der Waals surface area contributed by atoms with Gasteiger partial charge in [0.05, 0.1) is 28.9 Å². The van der Waals surface area contributed by atoms with E-state index in [1.807, 2.05) is 25.1 Å². The summed E-state index contributed by atoms with van der Waals surface area (Å²) in [6.07, 6.45) is -3.02. The molecule has 5 rings (SSSR count). The first kappa shape index (κ1) is 35.6. The summed E-state index contributed by atoms with van der Waals surface area (Å²) >= 11 is 0. The van der Waals surface area contributed by atoms with Crippen LogP contribution < -0.4 is 20.4 Å². The number of nitrogens with zero attached hydrogens (tertiary/aromatic N) is 2. The first-order chi connectivity index (χ1) is 21.7. The van der Waals surface area contributed by atoms with Crippen LogP contribution in [0.25, 0.3) is 0 Å². The molecule has 0 bridgehead atoms. The van der Waals surface area contributed by atoms with Crippen LogP contribution in [0.3, 0.4) is 0 Å². The van der Waals surface area contributed by atoms with E-state index in [2.05, 4.69) is 59.7 Å². The van der Waals surface area contributed by atoms with E-state index >= 15 is 4.39 Å². The number of β-amino-alcohol motifs (C(OH)–C–C–N with tert-alkyl or cyclic N) is 1. The van der Waals surface area contributed by atoms with Gasteiger partial charge >= 0.3 is 12.1 Å². The zero-order valence-electron chi connectivity index (χ0n) is 27.0. The fourth-order valence-corrected chi connectivity index (χ4v) is 5.83. The van der Waals surface area contributed by atoms with Crippen LogP contribution in [0.4, 0.5) is 46.1 Å². The molecule has 1 aromatic heterocycles. The molecular formula is C32H39F4N5O5Si. The average Bonchev–Trinajstić information content (AvgIpc) is 3.29. The lowest BCUT2D eigenvalue weighted by Crippen LogP contribution is -2.44. The number of carbonyl (C=O) groups excluding carboxylic acids is 1. The largest absolute Gasteiger partial charge is 0.543 e. The summed E-state index contributed by atoms with van der Waals surface area (Å²) in [4.78, 5) is 29.0.